The van der Waals surface area contributed by atoms with Crippen LogP contribution in [-0.2, 0) is 16.0 Å². The number of imidazole rings is 1. The molecule has 0 radical (unpaired) electrons. The van der Waals surface area contributed by atoms with Crippen LogP contribution in [0.15, 0.2) is 42.6 Å². The fourth-order valence-electron chi connectivity index (χ4n) is 4.04. The van der Waals surface area contributed by atoms with Crippen molar-refractivity contribution in [2.24, 2.45) is 0 Å². The molecule has 7 nitrogen and oxygen atoms in total. The first-order valence-corrected chi connectivity index (χ1v) is 9.91. The second-order valence-electron chi connectivity index (χ2n) is 7.32. The number of piperidine rings is 1. The maximum absolute atomic E-state index is 12.1. The van der Waals surface area contributed by atoms with Crippen LogP contribution in [0.2, 0.25) is 0 Å². The van der Waals surface area contributed by atoms with Crippen molar-refractivity contribution in [3.05, 3.63) is 54.0 Å². The molecule has 0 saturated carbocycles. The molecule has 1 fully saturated rings. The second-order valence-corrected chi connectivity index (χ2v) is 7.32. The predicted octanol–water partition coefficient (Wildman–Crippen LogP) is 2.84. The maximum Gasteiger partial charge on any atom is 0.248 e. The number of carbonyl (C=O) groups is 1. The highest BCUT2D eigenvalue weighted by Crippen LogP contribution is 2.29. The molecule has 1 aromatic carbocycles. The number of amides is 1. The quantitative estimate of drug-likeness (QED) is 0.643. The number of carbonyl (C=O) groups excluding carboxylic acids is 1. The van der Waals surface area contributed by atoms with E-state index >= 15 is 0 Å². The molecule has 0 bridgehead atoms. The van der Waals surface area contributed by atoms with Gasteiger partial charge >= 0.3 is 0 Å². The number of pyridine rings is 1. The van der Waals surface area contributed by atoms with Gasteiger partial charge in [0.15, 0.2) is 5.65 Å². The van der Waals surface area contributed by atoms with Crippen LogP contribution < -0.4 is 4.74 Å². The van der Waals surface area contributed by atoms with Crippen LogP contribution in [0.5, 0.6) is 5.75 Å². The number of hydrogen-bond donors (Lipinski definition) is 0. The number of ether oxygens (including phenoxy) is 2. The Bertz CT molecular complexity index is 993. The van der Waals surface area contributed by atoms with E-state index in [0.29, 0.717) is 6.42 Å². The summed E-state index contributed by atoms with van der Waals surface area (Å²) in [4.78, 5) is 23.5. The van der Waals surface area contributed by atoms with Crippen LogP contribution in [0.3, 0.4) is 0 Å². The molecule has 0 spiro atoms. The van der Waals surface area contributed by atoms with Crippen molar-refractivity contribution in [1.29, 1.82) is 0 Å². The highest BCUT2D eigenvalue weighted by Gasteiger charge is 2.27. The van der Waals surface area contributed by atoms with Crippen LogP contribution in [0.1, 0.15) is 30.3 Å². The average Bonchev–Trinajstić information content (AvgIpc) is 3.12. The molecule has 3 heterocycles. The van der Waals surface area contributed by atoms with Gasteiger partial charge in [-0.3, -0.25) is 4.79 Å². The van der Waals surface area contributed by atoms with Crippen LogP contribution >= 0.6 is 0 Å². The molecule has 1 amide bonds. The molecular formula is C22H26N4O3. The molecule has 0 unspecified atom stereocenters. The van der Waals surface area contributed by atoms with Crippen molar-refractivity contribution >= 4 is 17.1 Å². The number of nitrogens with zero attached hydrogens (tertiary/aromatic N) is 4. The van der Waals surface area contributed by atoms with Gasteiger partial charge in [0.1, 0.15) is 23.7 Å². The topological polar surface area (TPSA) is 69.5 Å². The number of benzene rings is 1. The van der Waals surface area contributed by atoms with Gasteiger partial charge in [-0.2, -0.15) is 0 Å². The standard InChI is InChI=1S/C22H26N4O3/c1-28-15-21(27)25-11-8-17(9-12-25)26-20(24-19-7-4-10-23-22(19)26)14-16-5-3-6-18(13-16)29-2/h3-7,10,13,17H,8-9,11-12,14-15H2,1-2H3. The summed E-state index contributed by atoms with van der Waals surface area (Å²) in [5.41, 5.74) is 2.96. The van der Waals surface area contributed by atoms with Crippen LogP contribution in [0.25, 0.3) is 11.2 Å². The first-order chi connectivity index (χ1) is 14.2. The van der Waals surface area contributed by atoms with Gasteiger partial charge in [0.25, 0.3) is 0 Å². The van der Waals surface area contributed by atoms with E-state index < -0.39 is 0 Å². The van der Waals surface area contributed by atoms with Gasteiger partial charge in [0.05, 0.1) is 7.11 Å². The number of methoxy groups -OCH3 is 2. The van der Waals surface area contributed by atoms with E-state index in [-0.39, 0.29) is 18.6 Å². The number of rotatable bonds is 6. The zero-order chi connectivity index (χ0) is 20.2. The van der Waals surface area contributed by atoms with Crippen molar-refractivity contribution in [3.8, 4) is 5.75 Å². The van der Waals surface area contributed by atoms with Gasteiger partial charge in [0, 0.05) is 38.9 Å². The Morgan fingerprint density at radius 1 is 1.17 bits per heavy atom. The summed E-state index contributed by atoms with van der Waals surface area (Å²) in [6.07, 6.45) is 4.27. The van der Waals surface area contributed by atoms with Crippen molar-refractivity contribution in [2.45, 2.75) is 25.3 Å². The Balaban J connectivity index is 1.61. The fourth-order valence-corrected chi connectivity index (χ4v) is 4.04. The Labute approximate surface area is 170 Å². The number of fused-ring (bicyclic) bond motifs is 1. The van der Waals surface area contributed by atoms with E-state index in [4.69, 9.17) is 14.5 Å². The Kier molecular flexibility index (Phi) is 5.76. The molecule has 1 aliphatic heterocycles. The zero-order valence-electron chi connectivity index (χ0n) is 16.9. The molecule has 2 aromatic heterocycles. The van der Waals surface area contributed by atoms with Crippen LogP contribution in [-0.4, -0.2) is 59.3 Å². The largest absolute Gasteiger partial charge is 0.497 e. The molecule has 7 heteroatoms. The van der Waals surface area contributed by atoms with Gasteiger partial charge in [-0.1, -0.05) is 12.1 Å². The molecule has 0 N–H and O–H groups in total. The summed E-state index contributed by atoms with van der Waals surface area (Å²) < 4.78 is 12.6. The van der Waals surface area contributed by atoms with Crippen molar-refractivity contribution < 1.29 is 14.3 Å². The summed E-state index contributed by atoms with van der Waals surface area (Å²) in [7, 11) is 3.23. The van der Waals surface area contributed by atoms with Crippen molar-refractivity contribution in [3.63, 3.8) is 0 Å². The van der Waals surface area contributed by atoms with E-state index in [9.17, 15) is 4.79 Å². The third-order valence-electron chi connectivity index (χ3n) is 5.47. The molecule has 3 aromatic rings. The molecule has 0 aliphatic carbocycles. The average molecular weight is 394 g/mol. The monoisotopic (exact) mass is 394 g/mol. The molecule has 1 aliphatic rings. The highest BCUT2D eigenvalue weighted by atomic mass is 16.5. The first kappa shape index (κ1) is 19.4. The predicted molar refractivity (Wildman–Crippen MR) is 110 cm³/mol. The number of likely N-dealkylation sites (tertiary alicyclic amines) is 1. The van der Waals surface area contributed by atoms with Gasteiger partial charge in [-0.05, 0) is 42.7 Å². The van der Waals surface area contributed by atoms with E-state index in [1.807, 2.05) is 41.4 Å². The SMILES string of the molecule is COCC(=O)N1CCC(n2c(Cc3cccc(OC)c3)nc3cccnc32)CC1. The minimum atomic E-state index is 0.0520. The molecule has 152 valence electrons. The van der Waals surface area contributed by atoms with Gasteiger partial charge in [-0.25, -0.2) is 9.97 Å². The summed E-state index contributed by atoms with van der Waals surface area (Å²) in [5, 5.41) is 0. The maximum atomic E-state index is 12.1. The minimum absolute atomic E-state index is 0.0520. The molecule has 29 heavy (non-hydrogen) atoms. The summed E-state index contributed by atoms with van der Waals surface area (Å²) >= 11 is 0. The van der Waals surface area contributed by atoms with E-state index in [1.54, 1.807) is 14.2 Å². The first-order valence-electron chi connectivity index (χ1n) is 9.91. The third kappa shape index (κ3) is 4.10. The zero-order valence-corrected chi connectivity index (χ0v) is 16.9. The third-order valence-corrected chi connectivity index (χ3v) is 5.47. The summed E-state index contributed by atoms with van der Waals surface area (Å²) in [5.74, 6) is 1.89. The minimum Gasteiger partial charge on any atom is -0.497 e. The Hall–Kier alpha value is -2.93. The number of aromatic nitrogens is 3. The lowest BCUT2D eigenvalue weighted by molar-refractivity contribution is -0.136. The lowest BCUT2D eigenvalue weighted by Crippen LogP contribution is -2.41. The van der Waals surface area contributed by atoms with Crippen molar-refractivity contribution in [1.82, 2.24) is 19.4 Å². The summed E-state index contributed by atoms with van der Waals surface area (Å²) in [6.45, 7) is 1.58. The second kappa shape index (κ2) is 8.61. The Morgan fingerprint density at radius 3 is 2.76 bits per heavy atom. The lowest BCUT2D eigenvalue weighted by atomic mass is 10.0. The summed E-state index contributed by atoms with van der Waals surface area (Å²) in [6, 6.07) is 12.3. The fraction of sp³-hybridized carbons (Fsp3) is 0.409. The smallest absolute Gasteiger partial charge is 0.248 e. The van der Waals surface area contributed by atoms with E-state index in [1.165, 1.54) is 0 Å². The van der Waals surface area contributed by atoms with E-state index in [0.717, 1.165) is 54.2 Å². The van der Waals surface area contributed by atoms with Gasteiger partial charge in [0.2, 0.25) is 5.91 Å². The lowest BCUT2D eigenvalue weighted by Gasteiger charge is -2.33. The molecule has 0 atom stereocenters. The van der Waals surface area contributed by atoms with Crippen LogP contribution in [0.4, 0.5) is 0 Å². The van der Waals surface area contributed by atoms with Crippen LogP contribution in [0, 0.1) is 0 Å². The number of hydrogen-bond acceptors (Lipinski definition) is 5. The van der Waals surface area contributed by atoms with E-state index in [2.05, 4.69) is 15.6 Å². The molecule has 4 rings (SSSR count). The van der Waals surface area contributed by atoms with Gasteiger partial charge < -0.3 is 18.9 Å². The van der Waals surface area contributed by atoms with Gasteiger partial charge in [-0.15, -0.1) is 0 Å². The molecular weight excluding hydrogens is 368 g/mol. The highest BCUT2D eigenvalue weighted by molar-refractivity contribution is 5.77. The Morgan fingerprint density at radius 2 is 2.00 bits per heavy atom. The van der Waals surface area contributed by atoms with Crippen molar-refractivity contribution in [2.75, 3.05) is 33.9 Å². The normalized spacial score (nSPS) is 15.0. The molecule has 1 saturated heterocycles.